The van der Waals surface area contributed by atoms with E-state index >= 15 is 0 Å². The van der Waals surface area contributed by atoms with Gasteiger partial charge in [0.25, 0.3) is 0 Å². The van der Waals surface area contributed by atoms with Crippen molar-refractivity contribution in [3.63, 3.8) is 0 Å². The zero-order valence-electron chi connectivity index (χ0n) is 25.6. The van der Waals surface area contributed by atoms with Crippen LogP contribution in [0.3, 0.4) is 0 Å². The SMILES string of the molecule is c1ccc2c(c1)oc1ccc3c4cc5c(cc(-c6ccncc6)c6c5ccc5oc7ccccc7c56)cc4cc(-c4ccncc4)c3c12. The first-order valence-electron chi connectivity index (χ1n) is 16.1. The molecule has 222 valence electrons. The third-order valence-corrected chi connectivity index (χ3v) is 10.0. The van der Waals surface area contributed by atoms with Gasteiger partial charge in [-0.15, -0.1) is 0 Å². The minimum atomic E-state index is 0.890. The fourth-order valence-electron chi connectivity index (χ4n) is 7.95. The van der Waals surface area contributed by atoms with Crippen molar-refractivity contribution in [3.8, 4) is 22.3 Å². The average Bonchev–Trinajstić information content (AvgIpc) is 3.73. The molecule has 0 aliphatic carbocycles. The summed E-state index contributed by atoms with van der Waals surface area (Å²) in [5.41, 5.74) is 8.15. The molecule has 0 aliphatic heterocycles. The molecule has 4 heteroatoms. The molecule has 0 N–H and O–H groups in total. The predicted octanol–water partition coefficient (Wildman–Crippen LogP) is 12.2. The molecule has 0 saturated heterocycles. The Morgan fingerprint density at radius 2 is 0.792 bits per heavy atom. The highest BCUT2D eigenvalue weighted by atomic mass is 16.3. The number of fused-ring (bicyclic) bond motifs is 14. The van der Waals surface area contributed by atoms with Crippen molar-refractivity contribution in [2.24, 2.45) is 0 Å². The highest BCUT2D eigenvalue weighted by molar-refractivity contribution is 6.32. The third-order valence-electron chi connectivity index (χ3n) is 10.0. The van der Waals surface area contributed by atoms with Crippen molar-refractivity contribution in [1.82, 2.24) is 9.97 Å². The molecule has 11 aromatic rings. The minimum Gasteiger partial charge on any atom is -0.456 e. The van der Waals surface area contributed by atoms with E-state index in [2.05, 4.69) is 119 Å². The van der Waals surface area contributed by atoms with E-state index in [1.54, 1.807) is 0 Å². The largest absolute Gasteiger partial charge is 0.456 e. The second kappa shape index (κ2) is 9.50. The molecule has 0 aliphatic rings. The van der Waals surface area contributed by atoms with Crippen LogP contribution >= 0.6 is 0 Å². The van der Waals surface area contributed by atoms with Gasteiger partial charge < -0.3 is 8.83 Å². The molecule has 7 aromatic carbocycles. The molecule has 0 fully saturated rings. The van der Waals surface area contributed by atoms with E-state index in [9.17, 15) is 0 Å². The average molecular weight is 613 g/mol. The molecular weight excluding hydrogens is 588 g/mol. The summed E-state index contributed by atoms with van der Waals surface area (Å²) in [5.74, 6) is 0. The Bertz CT molecular complexity index is 2890. The van der Waals surface area contributed by atoms with Crippen molar-refractivity contribution >= 4 is 87.0 Å². The maximum Gasteiger partial charge on any atom is 0.136 e. The van der Waals surface area contributed by atoms with Gasteiger partial charge in [0.1, 0.15) is 22.3 Å². The van der Waals surface area contributed by atoms with Crippen LogP contribution in [-0.4, -0.2) is 9.97 Å². The minimum absolute atomic E-state index is 0.890. The van der Waals surface area contributed by atoms with Crippen LogP contribution in [0.5, 0.6) is 0 Å². The fourth-order valence-corrected chi connectivity index (χ4v) is 7.95. The lowest BCUT2D eigenvalue weighted by Gasteiger charge is -2.16. The van der Waals surface area contributed by atoms with Crippen LogP contribution in [0.25, 0.3) is 109 Å². The Labute approximate surface area is 273 Å². The van der Waals surface area contributed by atoms with Gasteiger partial charge in [0, 0.05) is 57.1 Å². The molecule has 11 rings (SSSR count). The highest BCUT2D eigenvalue weighted by Crippen LogP contribution is 2.47. The second-order valence-electron chi connectivity index (χ2n) is 12.5. The Balaban J connectivity index is 1.35. The summed E-state index contributed by atoms with van der Waals surface area (Å²) >= 11 is 0. The van der Waals surface area contributed by atoms with E-state index in [1.807, 2.05) is 36.9 Å². The molecule has 0 spiro atoms. The fraction of sp³-hybridized carbons (Fsp3) is 0. The first-order valence-corrected chi connectivity index (χ1v) is 16.1. The second-order valence-corrected chi connectivity index (χ2v) is 12.5. The lowest BCUT2D eigenvalue weighted by Crippen LogP contribution is -1.89. The van der Waals surface area contributed by atoms with Crippen LogP contribution in [0.4, 0.5) is 0 Å². The lowest BCUT2D eigenvalue weighted by molar-refractivity contribution is 0.669. The van der Waals surface area contributed by atoms with Crippen LogP contribution in [0.1, 0.15) is 0 Å². The maximum absolute atomic E-state index is 6.39. The number of pyridine rings is 2. The van der Waals surface area contributed by atoms with E-state index in [0.29, 0.717) is 0 Å². The molecule has 0 unspecified atom stereocenters. The molecule has 4 nitrogen and oxygen atoms in total. The van der Waals surface area contributed by atoms with Gasteiger partial charge in [0.15, 0.2) is 0 Å². The smallest absolute Gasteiger partial charge is 0.136 e. The predicted molar refractivity (Wildman–Crippen MR) is 197 cm³/mol. The van der Waals surface area contributed by atoms with E-state index in [4.69, 9.17) is 8.83 Å². The number of furan rings is 2. The van der Waals surface area contributed by atoms with Crippen LogP contribution < -0.4 is 0 Å². The van der Waals surface area contributed by atoms with Gasteiger partial charge in [-0.2, -0.15) is 0 Å². The number of hydrogen-bond acceptors (Lipinski definition) is 4. The number of para-hydroxylation sites is 2. The summed E-state index contributed by atoms with van der Waals surface area (Å²) in [7, 11) is 0. The van der Waals surface area contributed by atoms with Crippen molar-refractivity contribution < 1.29 is 8.83 Å². The van der Waals surface area contributed by atoms with E-state index in [1.165, 1.54) is 43.1 Å². The van der Waals surface area contributed by atoms with Gasteiger partial charge in [-0.05, 0) is 140 Å². The van der Waals surface area contributed by atoms with Gasteiger partial charge in [0.05, 0.1) is 0 Å². The summed E-state index contributed by atoms with van der Waals surface area (Å²) in [6.45, 7) is 0. The number of aromatic nitrogens is 2. The molecule has 0 amide bonds. The quantitative estimate of drug-likeness (QED) is 0.144. The zero-order chi connectivity index (χ0) is 31.3. The Morgan fingerprint density at radius 3 is 1.27 bits per heavy atom. The van der Waals surface area contributed by atoms with Crippen molar-refractivity contribution in [3.05, 3.63) is 146 Å². The normalized spacial score (nSPS) is 12.2. The molecule has 0 saturated carbocycles. The van der Waals surface area contributed by atoms with Crippen LogP contribution in [0.15, 0.2) is 155 Å². The molecule has 4 heterocycles. The highest BCUT2D eigenvalue weighted by Gasteiger charge is 2.20. The first kappa shape index (κ1) is 25.6. The molecule has 0 radical (unpaired) electrons. The summed E-state index contributed by atoms with van der Waals surface area (Å²) in [5, 5.41) is 14.1. The number of nitrogens with zero attached hydrogens (tertiary/aromatic N) is 2. The van der Waals surface area contributed by atoms with Gasteiger partial charge in [-0.3, -0.25) is 9.97 Å². The van der Waals surface area contributed by atoms with Gasteiger partial charge in [0.2, 0.25) is 0 Å². The Morgan fingerprint density at radius 1 is 0.333 bits per heavy atom. The summed E-state index contributed by atoms with van der Waals surface area (Å²) < 4.78 is 12.8. The van der Waals surface area contributed by atoms with Gasteiger partial charge in [-0.25, -0.2) is 0 Å². The van der Waals surface area contributed by atoms with E-state index in [-0.39, 0.29) is 0 Å². The lowest BCUT2D eigenvalue weighted by atomic mass is 9.87. The Hall–Kier alpha value is -6.52. The number of benzene rings is 7. The van der Waals surface area contributed by atoms with E-state index in [0.717, 1.165) is 66.1 Å². The van der Waals surface area contributed by atoms with Crippen LogP contribution in [0, 0.1) is 0 Å². The standard InChI is InChI=1S/C44H24N2O2/c1-3-7-37-31(5-1)43-39(47-37)11-9-29-33-24-34-28(21-27(33)22-35(41(29)43)25-13-17-45-18-14-25)23-36(26-15-19-46-20-16-26)42-30(34)10-12-40-44(42)32-6-2-4-8-38(32)48-40/h1-24H. The van der Waals surface area contributed by atoms with Gasteiger partial charge >= 0.3 is 0 Å². The topological polar surface area (TPSA) is 52.1 Å². The van der Waals surface area contributed by atoms with Gasteiger partial charge in [-0.1, -0.05) is 36.4 Å². The van der Waals surface area contributed by atoms with Crippen molar-refractivity contribution in [2.75, 3.05) is 0 Å². The summed E-state index contributed by atoms with van der Waals surface area (Å²) in [4.78, 5) is 8.66. The van der Waals surface area contributed by atoms with Crippen molar-refractivity contribution in [2.45, 2.75) is 0 Å². The number of hydrogen-bond donors (Lipinski definition) is 0. The monoisotopic (exact) mass is 612 g/mol. The molecule has 0 atom stereocenters. The molecule has 0 bridgehead atoms. The first-order chi connectivity index (χ1) is 23.8. The molecule has 48 heavy (non-hydrogen) atoms. The number of rotatable bonds is 2. The Kier molecular flexibility index (Phi) is 5.08. The summed E-state index contributed by atoms with van der Waals surface area (Å²) in [6, 6.07) is 43.2. The van der Waals surface area contributed by atoms with E-state index < -0.39 is 0 Å². The zero-order valence-corrected chi connectivity index (χ0v) is 25.6. The summed E-state index contributed by atoms with van der Waals surface area (Å²) in [6.07, 6.45) is 7.47. The molecular formula is C44H24N2O2. The molecule has 4 aromatic heterocycles. The van der Waals surface area contributed by atoms with Crippen molar-refractivity contribution in [1.29, 1.82) is 0 Å². The van der Waals surface area contributed by atoms with Crippen LogP contribution in [-0.2, 0) is 0 Å². The maximum atomic E-state index is 6.39. The van der Waals surface area contributed by atoms with Crippen LogP contribution in [0.2, 0.25) is 0 Å². The third kappa shape index (κ3) is 3.49.